The summed E-state index contributed by atoms with van der Waals surface area (Å²) >= 11 is 9.19. The summed E-state index contributed by atoms with van der Waals surface area (Å²) in [6.45, 7) is 8.09. The summed E-state index contributed by atoms with van der Waals surface area (Å²) in [6.07, 6.45) is 0.605. The van der Waals surface area contributed by atoms with E-state index < -0.39 is 22.4 Å². The number of piperazine rings is 1. The van der Waals surface area contributed by atoms with Crippen LogP contribution in [0.15, 0.2) is 16.7 Å². The second kappa shape index (κ2) is 10.1. The summed E-state index contributed by atoms with van der Waals surface area (Å²) in [4.78, 5) is 30.9. The maximum atomic E-state index is 14.7. The topological polar surface area (TPSA) is 109 Å². The Morgan fingerprint density at radius 1 is 1.41 bits per heavy atom. The van der Waals surface area contributed by atoms with Gasteiger partial charge < -0.3 is 19.6 Å². The molecule has 0 spiro atoms. The van der Waals surface area contributed by atoms with Crippen LogP contribution in [0.2, 0.25) is 5.02 Å². The molecule has 1 amide bonds. The molecule has 176 valence electrons. The summed E-state index contributed by atoms with van der Waals surface area (Å²) < 4.78 is 20.2. The first-order chi connectivity index (χ1) is 14.9. The number of carbonyl (C=O) groups excluding carboxylic acids is 1. The molecule has 12 heteroatoms. The number of aromatic nitrogens is 1. The van der Waals surface area contributed by atoms with Crippen molar-refractivity contribution in [3.8, 4) is 0 Å². The van der Waals surface area contributed by atoms with Crippen LogP contribution in [0.25, 0.3) is 10.9 Å². The number of ether oxygens (including phenoxy) is 1. The third kappa shape index (κ3) is 5.38. The Hall–Kier alpha value is -2.24. The van der Waals surface area contributed by atoms with Gasteiger partial charge in [-0.1, -0.05) is 11.6 Å². The minimum absolute atomic E-state index is 0.0194. The van der Waals surface area contributed by atoms with Crippen LogP contribution in [0, 0.1) is 15.9 Å². The molecule has 1 unspecified atom stereocenters. The van der Waals surface area contributed by atoms with Crippen molar-refractivity contribution in [2.75, 3.05) is 31.6 Å². The van der Waals surface area contributed by atoms with Crippen molar-refractivity contribution in [1.29, 1.82) is 0 Å². The smallest absolute Gasteiger partial charge is 0.410 e. The SMILES string of the molecule is CC1CN(c2c([N+](=O)[O-])cnc3c(F)c(Br)c(Cl)cc23)CCN1C(=O)OC(C)(C)C.CO. The number of anilines is 1. The van der Waals surface area contributed by atoms with Gasteiger partial charge in [0.2, 0.25) is 0 Å². The molecule has 0 bridgehead atoms. The number of nitrogens with zero attached hydrogens (tertiary/aromatic N) is 4. The van der Waals surface area contributed by atoms with E-state index in [1.165, 1.54) is 6.07 Å². The van der Waals surface area contributed by atoms with Gasteiger partial charge >= 0.3 is 11.8 Å². The van der Waals surface area contributed by atoms with Gasteiger partial charge in [0, 0.05) is 38.2 Å². The fourth-order valence-corrected chi connectivity index (χ4v) is 3.93. The number of fused-ring (bicyclic) bond motifs is 1. The van der Waals surface area contributed by atoms with E-state index in [4.69, 9.17) is 21.4 Å². The quantitative estimate of drug-likeness (QED) is 0.336. The zero-order valence-corrected chi connectivity index (χ0v) is 20.7. The van der Waals surface area contributed by atoms with Gasteiger partial charge in [0.25, 0.3) is 0 Å². The molecule has 1 N–H and O–H groups in total. The normalized spacial score (nSPS) is 16.5. The standard InChI is InChI=1S/C19H21BrClFN4O4.CH4O/c1-10-9-24(5-6-25(10)18(27)30-19(2,3)4)17-11-7-12(21)14(20)15(22)16(11)23-8-13(17)26(28)29;1-2/h7-8,10H,5-6,9H2,1-4H3;2H,1H3. The molecule has 1 aromatic heterocycles. The molecule has 2 aromatic rings. The Morgan fingerprint density at radius 3 is 2.56 bits per heavy atom. The van der Waals surface area contributed by atoms with Crippen molar-refractivity contribution in [2.45, 2.75) is 39.3 Å². The lowest BCUT2D eigenvalue weighted by molar-refractivity contribution is -0.384. The fraction of sp³-hybridized carbons (Fsp3) is 0.500. The molecule has 2 heterocycles. The van der Waals surface area contributed by atoms with Gasteiger partial charge in [0.05, 0.1) is 14.4 Å². The molecular formula is C20H25BrClFN4O5. The zero-order valence-electron chi connectivity index (χ0n) is 18.4. The first kappa shape index (κ1) is 26.0. The first-order valence-electron chi connectivity index (χ1n) is 9.70. The third-order valence-corrected chi connectivity index (χ3v) is 6.02. The third-order valence-electron chi connectivity index (χ3n) is 4.72. The highest BCUT2D eigenvalue weighted by Gasteiger charge is 2.34. The van der Waals surface area contributed by atoms with Gasteiger partial charge in [-0.15, -0.1) is 0 Å². The summed E-state index contributed by atoms with van der Waals surface area (Å²) in [5.41, 5.74) is -0.670. The Labute approximate surface area is 198 Å². The van der Waals surface area contributed by atoms with E-state index in [0.717, 1.165) is 13.3 Å². The molecule has 1 aliphatic rings. The van der Waals surface area contributed by atoms with Crippen molar-refractivity contribution < 1.29 is 24.0 Å². The summed E-state index contributed by atoms with van der Waals surface area (Å²) in [5.74, 6) is -0.686. The van der Waals surface area contributed by atoms with Crippen LogP contribution in [0.1, 0.15) is 27.7 Å². The van der Waals surface area contributed by atoms with E-state index in [1.807, 2.05) is 6.92 Å². The maximum Gasteiger partial charge on any atom is 0.410 e. The molecule has 3 rings (SSSR count). The number of rotatable bonds is 2. The monoisotopic (exact) mass is 534 g/mol. The number of hydrogen-bond donors (Lipinski definition) is 1. The number of halogens is 3. The molecule has 0 aliphatic carbocycles. The van der Waals surface area contributed by atoms with Gasteiger partial charge in [0.15, 0.2) is 5.82 Å². The van der Waals surface area contributed by atoms with Gasteiger partial charge in [-0.25, -0.2) is 14.2 Å². The Bertz CT molecular complexity index is 1030. The van der Waals surface area contributed by atoms with Crippen molar-refractivity contribution in [3.05, 3.63) is 37.7 Å². The molecule has 1 fully saturated rings. The Balaban J connectivity index is 0.00000176. The number of nitro groups is 1. The highest BCUT2D eigenvalue weighted by atomic mass is 79.9. The number of hydrogen-bond acceptors (Lipinski definition) is 7. The first-order valence-corrected chi connectivity index (χ1v) is 10.9. The van der Waals surface area contributed by atoms with Crippen LogP contribution in [-0.2, 0) is 4.74 Å². The van der Waals surface area contributed by atoms with E-state index in [1.54, 1.807) is 30.6 Å². The van der Waals surface area contributed by atoms with E-state index in [2.05, 4.69) is 20.9 Å². The summed E-state index contributed by atoms with van der Waals surface area (Å²) in [6, 6.07) is 1.18. The van der Waals surface area contributed by atoms with Crippen molar-refractivity contribution in [1.82, 2.24) is 9.88 Å². The fourth-order valence-electron chi connectivity index (χ4n) is 3.44. The van der Waals surface area contributed by atoms with Gasteiger partial charge in [-0.2, -0.15) is 0 Å². The molecular weight excluding hydrogens is 511 g/mol. The molecule has 9 nitrogen and oxygen atoms in total. The predicted molar refractivity (Wildman–Crippen MR) is 124 cm³/mol. The van der Waals surface area contributed by atoms with Crippen LogP contribution in [0.3, 0.4) is 0 Å². The van der Waals surface area contributed by atoms with E-state index in [0.29, 0.717) is 19.6 Å². The second-order valence-corrected chi connectivity index (χ2v) is 9.30. The maximum absolute atomic E-state index is 14.7. The molecule has 1 aromatic carbocycles. The van der Waals surface area contributed by atoms with E-state index in [-0.39, 0.29) is 37.8 Å². The van der Waals surface area contributed by atoms with E-state index >= 15 is 0 Å². The van der Waals surface area contributed by atoms with Crippen molar-refractivity contribution in [3.63, 3.8) is 0 Å². The van der Waals surface area contributed by atoms with Crippen molar-refractivity contribution in [2.24, 2.45) is 0 Å². The average Bonchev–Trinajstić information content (AvgIpc) is 2.71. The van der Waals surface area contributed by atoms with Crippen molar-refractivity contribution >= 4 is 55.9 Å². The van der Waals surface area contributed by atoms with Gasteiger partial charge in [-0.3, -0.25) is 10.1 Å². The number of pyridine rings is 1. The zero-order chi connectivity index (χ0) is 24.4. The van der Waals surface area contributed by atoms with Crippen LogP contribution < -0.4 is 4.90 Å². The minimum atomic E-state index is -0.686. The van der Waals surface area contributed by atoms with Crippen LogP contribution >= 0.6 is 27.5 Å². The summed E-state index contributed by atoms with van der Waals surface area (Å²) in [5, 5.41) is 19.0. The van der Waals surface area contributed by atoms with Crippen LogP contribution in [-0.4, -0.2) is 64.4 Å². The molecule has 0 saturated carbocycles. The van der Waals surface area contributed by atoms with Gasteiger partial charge in [0.1, 0.15) is 23.0 Å². The number of aliphatic hydroxyl groups excluding tert-OH is 1. The number of aliphatic hydroxyl groups is 1. The van der Waals surface area contributed by atoms with Gasteiger partial charge in [-0.05, 0) is 49.7 Å². The molecule has 1 aliphatic heterocycles. The minimum Gasteiger partial charge on any atom is -0.444 e. The lowest BCUT2D eigenvalue weighted by Crippen LogP contribution is -2.55. The van der Waals surface area contributed by atoms with E-state index in [9.17, 15) is 19.3 Å². The lowest BCUT2D eigenvalue weighted by atomic mass is 10.1. The number of amides is 1. The number of benzene rings is 1. The second-order valence-electron chi connectivity index (χ2n) is 8.10. The highest BCUT2D eigenvalue weighted by molar-refractivity contribution is 9.10. The molecule has 0 radical (unpaired) electrons. The van der Waals surface area contributed by atoms with Crippen LogP contribution in [0.5, 0.6) is 0 Å². The predicted octanol–water partition coefficient (Wildman–Crippen LogP) is 4.75. The Morgan fingerprint density at radius 2 is 2.03 bits per heavy atom. The highest BCUT2D eigenvalue weighted by Crippen LogP contribution is 2.41. The van der Waals surface area contributed by atoms with Crippen LogP contribution in [0.4, 0.5) is 20.6 Å². The largest absolute Gasteiger partial charge is 0.444 e. The molecule has 32 heavy (non-hydrogen) atoms. The number of carbonyl (C=O) groups is 1. The molecule has 1 saturated heterocycles. The lowest BCUT2D eigenvalue weighted by Gasteiger charge is -2.41. The Kier molecular flexibility index (Phi) is 8.24. The average molecular weight is 536 g/mol. The summed E-state index contributed by atoms with van der Waals surface area (Å²) in [7, 11) is 1.00. The molecule has 1 atom stereocenters.